The van der Waals surface area contributed by atoms with Crippen molar-refractivity contribution in [3.05, 3.63) is 53.3 Å². The van der Waals surface area contributed by atoms with Crippen LogP contribution in [0.2, 0.25) is 0 Å². The van der Waals surface area contributed by atoms with Gasteiger partial charge in [0.25, 0.3) is 5.91 Å². The van der Waals surface area contributed by atoms with Gasteiger partial charge in [-0.1, -0.05) is 29.8 Å². The zero-order chi connectivity index (χ0) is 14.8. The third-order valence-corrected chi connectivity index (χ3v) is 4.18. The molecule has 4 heteroatoms. The summed E-state index contributed by atoms with van der Waals surface area (Å²) in [6.07, 6.45) is 3.80. The highest BCUT2D eigenvalue weighted by atomic mass is 16.2. The molecule has 2 aromatic rings. The Morgan fingerprint density at radius 2 is 2.24 bits per heavy atom. The molecule has 1 aliphatic rings. The van der Waals surface area contributed by atoms with E-state index >= 15 is 0 Å². The molecule has 1 aliphatic heterocycles. The van der Waals surface area contributed by atoms with Gasteiger partial charge in [0.05, 0.1) is 6.04 Å². The number of aromatic nitrogens is 2. The normalized spacial score (nSPS) is 18.2. The average molecular weight is 283 g/mol. The van der Waals surface area contributed by atoms with Crippen LogP contribution in [0.5, 0.6) is 0 Å². The van der Waals surface area contributed by atoms with E-state index in [1.165, 1.54) is 11.1 Å². The van der Waals surface area contributed by atoms with E-state index in [1.807, 2.05) is 17.9 Å². The highest BCUT2D eigenvalue weighted by Crippen LogP contribution is 2.33. The van der Waals surface area contributed by atoms with Crippen LogP contribution in [0, 0.1) is 6.92 Å². The second kappa shape index (κ2) is 5.72. The SMILES string of the molecule is CCn1nccc1C(=O)N1CCC[C@@H]1c1cccc(C)c1. The first-order chi connectivity index (χ1) is 10.2. The van der Waals surface area contributed by atoms with Crippen molar-refractivity contribution in [1.29, 1.82) is 0 Å². The van der Waals surface area contributed by atoms with Crippen molar-refractivity contribution < 1.29 is 4.79 Å². The molecule has 1 aromatic carbocycles. The Kier molecular flexibility index (Phi) is 3.78. The van der Waals surface area contributed by atoms with Gasteiger partial charge in [-0.25, -0.2) is 0 Å². The van der Waals surface area contributed by atoms with Crippen LogP contribution in [-0.4, -0.2) is 27.1 Å². The third kappa shape index (κ3) is 2.58. The van der Waals surface area contributed by atoms with Crippen LogP contribution in [0.15, 0.2) is 36.5 Å². The van der Waals surface area contributed by atoms with Crippen molar-refractivity contribution >= 4 is 5.91 Å². The Morgan fingerprint density at radius 1 is 1.38 bits per heavy atom. The number of hydrogen-bond acceptors (Lipinski definition) is 2. The van der Waals surface area contributed by atoms with E-state index in [2.05, 4.69) is 36.3 Å². The van der Waals surface area contributed by atoms with Gasteiger partial charge < -0.3 is 4.90 Å². The fourth-order valence-electron chi connectivity index (χ4n) is 3.15. The predicted molar refractivity (Wildman–Crippen MR) is 82.1 cm³/mol. The maximum Gasteiger partial charge on any atom is 0.272 e. The summed E-state index contributed by atoms with van der Waals surface area (Å²) in [7, 11) is 0. The third-order valence-electron chi connectivity index (χ3n) is 4.18. The summed E-state index contributed by atoms with van der Waals surface area (Å²) in [5, 5.41) is 4.21. The Balaban J connectivity index is 1.89. The van der Waals surface area contributed by atoms with Gasteiger partial charge in [-0.2, -0.15) is 5.10 Å². The largest absolute Gasteiger partial charge is 0.330 e. The van der Waals surface area contributed by atoms with Crippen molar-refractivity contribution in [1.82, 2.24) is 14.7 Å². The van der Waals surface area contributed by atoms with E-state index < -0.39 is 0 Å². The number of benzene rings is 1. The molecule has 0 unspecified atom stereocenters. The molecule has 1 fully saturated rings. The van der Waals surface area contributed by atoms with E-state index in [9.17, 15) is 4.79 Å². The van der Waals surface area contributed by atoms with E-state index in [0.29, 0.717) is 5.69 Å². The molecule has 0 aliphatic carbocycles. The highest BCUT2D eigenvalue weighted by molar-refractivity contribution is 5.93. The van der Waals surface area contributed by atoms with Crippen LogP contribution in [0.4, 0.5) is 0 Å². The summed E-state index contributed by atoms with van der Waals surface area (Å²) >= 11 is 0. The standard InChI is InChI=1S/C17H21N3O/c1-3-20-16(9-10-18-20)17(21)19-11-5-8-15(19)14-7-4-6-13(2)12-14/h4,6-7,9-10,12,15H,3,5,8,11H2,1-2H3/t15-/m1/s1. The Hall–Kier alpha value is -2.10. The van der Waals surface area contributed by atoms with E-state index in [-0.39, 0.29) is 11.9 Å². The molecule has 110 valence electrons. The lowest BCUT2D eigenvalue weighted by atomic mass is 10.0. The lowest BCUT2D eigenvalue weighted by molar-refractivity contribution is 0.0723. The number of amides is 1. The molecular formula is C17H21N3O. The first-order valence-corrected chi connectivity index (χ1v) is 7.60. The minimum Gasteiger partial charge on any atom is -0.330 e. The lowest BCUT2D eigenvalue weighted by Crippen LogP contribution is -2.32. The monoisotopic (exact) mass is 283 g/mol. The quantitative estimate of drug-likeness (QED) is 0.867. The molecule has 0 bridgehead atoms. The maximum atomic E-state index is 12.8. The fraction of sp³-hybridized carbons (Fsp3) is 0.412. The molecule has 0 N–H and O–H groups in total. The number of nitrogens with zero attached hydrogens (tertiary/aromatic N) is 3. The number of aryl methyl sites for hydroxylation is 2. The van der Waals surface area contributed by atoms with Gasteiger partial charge in [0.15, 0.2) is 0 Å². The molecule has 0 saturated carbocycles. The fourth-order valence-corrected chi connectivity index (χ4v) is 3.15. The van der Waals surface area contributed by atoms with Gasteiger partial charge in [-0.15, -0.1) is 0 Å². The molecule has 4 nitrogen and oxygen atoms in total. The average Bonchev–Trinajstić information content (AvgIpc) is 3.15. The molecule has 1 saturated heterocycles. The second-order valence-corrected chi connectivity index (χ2v) is 5.60. The molecule has 21 heavy (non-hydrogen) atoms. The summed E-state index contributed by atoms with van der Waals surface area (Å²) in [6, 6.07) is 10.5. The van der Waals surface area contributed by atoms with Crippen molar-refractivity contribution in [3.63, 3.8) is 0 Å². The molecule has 1 amide bonds. The second-order valence-electron chi connectivity index (χ2n) is 5.60. The van der Waals surface area contributed by atoms with Gasteiger partial charge in [0.2, 0.25) is 0 Å². The number of rotatable bonds is 3. The summed E-state index contributed by atoms with van der Waals surface area (Å²) < 4.78 is 1.77. The number of hydrogen-bond donors (Lipinski definition) is 0. The summed E-state index contributed by atoms with van der Waals surface area (Å²) in [4.78, 5) is 14.8. The van der Waals surface area contributed by atoms with E-state index in [4.69, 9.17) is 0 Å². The lowest BCUT2D eigenvalue weighted by Gasteiger charge is -2.25. The Bertz CT molecular complexity index is 647. The highest BCUT2D eigenvalue weighted by Gasteiger charge is 2.31. The van der Waals surface area contributed by atoms with Crippen LogP contribution in [0.1, 0.15) is 47.4 Å². The van der Waals surface area contributed by atoms with Crippen LogP contribution >= 0.6 is 0 Å². The molecule has 1 aromatic heterocycles. The maximum absolute atomic E-state index is 12.8. The molecule has 0 radical (unpaired) electrons. The molecule has 0 spiro atoms. The van der Waals surface area contributed by atoms with Crippen molar-refractivity contribution in [2.45, 2.75) is 39.3 Å². The topological polar surface area (TPSA) is 38.1 Å². The summed E-state index contributed by atoms with van der Waals surface area (Å²) in [6.45, 7) is 5.64. The number of carbonyl (C=O) groups is 1. The molecule has 2 heterocycles. The van der Waals surface area contributed by atoms with Crippen LogP contribution in [0.3, 0.4) is 0 Å². The Morgan fingerprint density at radius 3 is 3.00 bits per heavy atom. The van der Waals surface area contributed by atoms with Crippen LogP contribution in [-0.2, 0) is 6.54 Å². The first kappa shape index (κ1) is 13.9. The minimum absolute atomic E-state index is 0.0957. The van der Waals surface area contributed by atoms with E-state index in [1.54, 1.807) is 10.9 Å². The minimum atomic E-state index is 0.0957. The molecular weight excluding hydrogens is 262 g/mol. The van der Waals surface area contributed by atoms with Crippen LogP contribution in [0.25, 0.3) is 0 Å². The van der Waals surface area contributed by atoms with Gasteiger partial charge in [0.1, 0.15) is 5.69 Å². The van der Waals surface area contributed by atoms with Gasteiger partial charge in [-0.3, -0.25) is 9.48 Å². The Labute approximate surface area is 125 Å². The van der Waals surface area contributed by atoms with Crippen molar-refractivity contribution in [2.24, 2.45) is 0 Å². The zero-order valence-corrected chi connectivity index (χ0v) is 12.6. The molecule has 1 atom stereocenters. The predicted octanol–water partition coefficient (Wildman–Crippen LogP) is 3.19. The van der Waals surface area contributed by atoms with Gasteiger partial charge in [0, 0.05) is 19.3 Å². The van der Waals surface area contributed by atoms with Gasteiger partial charge >= 0.3 is 0 Å². The zero-order valence-electron chi connectivity index (χ0n) is 12.6. The number of carbonyl (C=O) groups excluding carboxylic acids is 1. The summed E-state index contributed by atoms with van der Waals surface area (Å²) in [5.41, 5.74) is 3.17. The smallest absolute Gasteiger partial charge is 0.272 e. The first-order valence-electron chi connectivity index (χ1n) is 7.60. The van der Waals surface area contributed by atoms with Crippen LogP contribution < -0.4 is 0 Å². The molecule has 3 rings (SSSR count). The number of likely N-dealkylation sites (tertiary alicyclic amines) is 1. The van der Waals surface area contributed by atoms with Crippen molar-refractivity contribution in [2.75, 3.05) is 6.54 Å². The van der Waals surface area contributed by atoms with Crippen molar-refractivity contribution in [3.8, 4) is 0 Å². The van der Waals surface area contributed by atoms with Gasteiger partial charge in [-0.05, 0) is 38.3 Å². The van der Waals surface area contributed by atoms with E-state index in [0.717, 1.165) is 25.9 Å². The summed E-state index contributed by atoms with van der Waals surface area (Å²) in [5.74, 6) is 0.0957.